The first-order valence-electron chi connectivity index (χ1n) is 20.0. The molecule has 3 aromatic rings. The fourth-order valence-electron chi connectivity index (χ4n) is 6.85. The first kappa shape index (κ1) is 45.6. The van der Waals surface area contributed by atoms with Crippen molar-refractivity contribution in [3.63, 3.8) is 0 Å². The average Bonchev–Trinajstić information content (AvgIpc) is 3.12. The molecule has 0 radical (unpaired) electrons. The number of pyridine rings is 1. The molecule has 0 N–H and O–H groups in total. The summed E-state index contributed by atoms with van der Waals surface area (Å²) in [5.74, 6) is 0.0528. The van der Waals surface area contributed by atoms with Crippen molar-refractivity contribution in [3.8, 4) is 0 Å². The maximum absolute atomic E-state index is 14.1. The average molecular weight is 920 g/mol. The van der Waals surface area contributed by atoms with E-state index in [9.17, 15) is 9.59 Å². The lowest BCUT2D eigenvalue weighted by molar-refractivity contribution is -0.114. The summed E-state index contributed by atoms with van der Waals surface area (Å²) in [7, 11) is 0. The summed E-state index contributed by atoms with van der Waals surface area (Å²) in [4.78, 5) is 33.8. The van der Waals surface area contributed by atoms with Crippen LogP contribution in [-0.2, 0) is 9.59 Å². The SMILES string of the molecule is Cc1c(C(N=Nc2ccc(Br)cc2)=C2C=C(C(C)(C)C)C(=O)C(C(C)(C)C)=C2)nc(C(N=Nc2ccc(Br)cc2)=C2C=C(C(C)(C)C)C(=O)C(C(C)(C)C)=C2)c(C)c1C. The Morgan fingerprint density at radius 2 is 0.729 bits per heavy atom. The molecule has 308 valence electrons. The summed E-state index contributed by atoms with van der Waals surface area (Å²) in [5, 5.41) is 19.5. The molecular weight excluding hydrogens is 862 g/mol. The summed E-state index contributed by atoms with van der Waals surface area (Å²) in [5.41, 5.74) is 8.86. The summed E-state index contributed by atoms with van der Waals surface area (Å²) < 4.78 is 1.87. The molecule has 0 spiro atoms. The number of benzene rings is 2. The highest BCUT2D eigenvalue weighted by Crippen LogP contribution is 2.44. The molecule has 0 bridgehead atoms. The topological polar surface area (TPSA) is 96.5 Å². The summed E-state index contributed by atoms with van der Waals surface area (Å²) in [6.07, 6.45) is 7.83. The first-order chi connectivity index (χ1) is 27.2. The number of ketones is 2. The predicted octanol–water partition coefficient (Wildman–Crippen LogP) is 15.6. The molecule has 9 heteroatoms. The molecule has 0 atom stereocenters. The molecule has 0 fully saturated rings. The molecule has 5 rings (SSSR count). The third-order valence-corrected chi connectivity index (χ3v) is 11.7. The lowest BCUT2D eigenvalue weighted by Crippen LogP contribution is -2.28. The Labute approximate surface area is 368 Å². The van der Waals surface area contributed by atoms with Gasteiger partial charge in [-0.3, -0.25) is 9.59 Å². The third kappa shape index (κ3) is 10.3. The Kier molecular flexibility index (Phi) is 13.1. The first-order valence-corrected chi connectivity index (χ1v) is 21.6. The van der Waals surface area contributed by atoms with Crippen molar-refractivity contribution in [3.05, 3.63) is 143 Å². The molecule has 1 aromatic heterocycles. The number of carbonyl (C=O) groups is 2. The van der Waals surface area contributed by atoms with Crippen molar-refractivity contribution in [2.24, 2.45) is 42.1 Å². The van der Waals surface area contributed by atoms with Crippen LogP contribution in [0.2, 0.25) is 0 Å². The van der Waals surface area contributed by atoms with Crippen molar-refractivity contribution < 1.29 is 9.59 Å². The van der Waals surface area contributed by atoms with E-state index in [4.69, 9.17) is 25.4 Å². The maximum atomic E-state index is 14.1. The van der Waals surface area contributed by atoms with Gasteiger partial charge in [0.1, 0.15) is 11.4 Å². The van der Waals surface area contributed by atoms with Gasteiger partial charge in [-0.1, -0.05) is 115 Å². The van der Waals surface area contributed by atoms with Gasteiger partial charge in [0.2, 0.25) is 0 Å². The van der Waals surface area contributed by atoms with Gasteiger partial charge in [-0.25, -0.2) is 4.98 Å². The molecule has 2 aromatic carbocycles. The normalized spacial score (nSPS) is 15.8. The zero-order valence-corrected chi connectivity index (χ0v) is 40.4. The lowest BCUT2D eigenvalue weighted by Gasteiger charge is -2.32. The number of hydrogen-bond acceptors (Lipinski definition) is 7. The van der Waals surface area contributed by atoms with Crippen LogP contribution in [0.15, 0.2) is 136 Å². The molecule has 2 aliphatic carbocycles. The zero-order valence-electron chi connectivity index (χ0n) is 37.2. The smallest absolute Gasteiger partial charge is 0.186 e. The Bertz CT molecular complexity index is 2220. The van der Waals surface area contributed by atoms with Crippen molar-refractivity contribution in [2.75, 3.05) is 0 Å². The second-order valence-corrected chi connectivity index (χ2v) is 21.4. The minimum atomic E-state index is -0.449. The fraction of sp³-hybridized carbons (Fsp3) is 0.380. The van der Waals surface area contributed by atoms with E-state index < -0.39 is 21.7 Å². The summed E-state index contributed by atoms with van der Waals surface area (Å²) in [6.45, 7) is 30.9. The molecule has 0 saturated heterocycles. The van der Waals surface area contributed by atoms with Gasteiger partial charge in [-0.15, -0.1) is 10.2 Å². The molecule has 0 aliphatic heterocycles. The monoisotopic (exact) mass is 917 g/mol. The van der Waals surface area contributed by atoms with Gasteiger partial charge in [-0.05, 0) is 132 Å². The number of allylic oxidation sites excluding steroid dienone is 10. The molecular formula is C50H57Br2N5O2. The number of rotatable bonds is 6. The molecule has 0 saturated carbocycles. The molecule has 0 amide bonds. The van der Waals surface area contributed by atoms with Gasteiger partial charge in [-0.2, -0.15) is 10.2 Å². The Morgan fingerprint density at radius 3 is 0.983 bits per heavy atom. The molecule has 2 aliphatic rings. The number of halogens is 2. The van der Waals surface area contributed by atoms with E-state index in [0.29, 0.717) is 56.4 Å². The van der Waals surface area contributed by atoms with Gasteiger partial charge in [0, 0.05) is 42.4 Å². The standard InChI is InChI=1S/C50H57Br2N5O2/c1-28-29(2)41(43(56-54-35-20-16-33(51)17-21-35)31-24-37(47(4,5)6)45(58)38(25-31)48(7,8)9)53-42(30(28)3)44(57-55-36-22-18-34(52)19-23-36)32-26-39(49(10,11)12)46(59)40(27-32)50(13,14)15/h16-27H,1-15H3. The van der Waals surface area contributed by atoms with Crippen LogP contribution in [-0.4, -0.2) is 16.6 Å². The van der Waals surface area contributed by atoms with Crippen LogP contribution in [0.3, 0.4) is 0 Å². The highest BCUT2D eigenvalue weighted by atomic mass is 79.9. The van der Waals surface area contributed by atoms with Crippen LogP contribution < -0.4 is 0 Å². The molecule has 1 heterocycles. The van der Waals surface area contributed by atoms with E-state index in [1.54, 1.807) is 0 Å². The van der Waals surface area contributed by atoms with Crippen LogP contribution in [0.1, 0.15) is 111 Å². The quantitative estimate of drug-likeness (QED) is 0.230. The number of aromatic nitrogens is 1. The van der Waals surface area contributed by atoms with Gasteiger partial charge >= 0.3 is 0 Å². The number of Topliss-reactive ketones (excluding diaryl/α,β-unsaturated/α-hetero) is 2. The van der Waals surface area contributed by atoms with Crippen LogP contribution in [0.25, 0.3) is 11.4 Å². The Hall–Kier alpha value is -4.47. The second kappa shape index (κ2) is 16.9. The van der Waals surface area contributed by atoms with E-state index in [1.807, 2.05) is 86.7 Å². The highest BCUT2D eigenvalue weighted by molar-refractivity contribution is 9.10. The zero-order chi connectivity index (χ0) is 44.0. The number of carbonyl (C=O) groups excluding carboxylic acids is 2. The van der Waals surface area contributed by atoms with E-state index in [-0.39, 0.29) is 11.6 Å². The van der Waals surface area contributed by atoms with Crippen molar-refractivity contribution in [1.82, 2.24) is 4.98 Å². The molecule has 0 unspecified atom stereocenters. The third-order valence-electron chi connectivity index (χ3n) is 10.6. The van der Waals surface area contributed by atoms with Crippen LogP contribution in [0.5, 0.6) is 0 Å². The van der Waals surface area contributed by atoms with Gasteiger partial charge in [0.05, 0.1) is 22.8 Å². The van der Waals surface area contributed by atoms with Crippen molar-refractivity contribution in [1.29, 1.82) is 0 Å². The van der Waals surface area contributed by atoms with Crippen molar-refractivity contribution >= 4 is 66.2 Å². The number of nitrogens with zero attached hydrogens (tertiary/aromatic N) is 5. The second-order valence-electron chi connectivity index (χ2n) is 19.5. The van der Waals surface area contributed by atoms with E-state index in [2.05, 4.69) is 122 Å². The Morgan fingerprint density at radius 1 is 0.458 bits per heavy atom. The highest BCUT2D eigenvalue weighted by Gasteiger charge is 2.37. The number of hydrogen-bond donors (Lipinski definition) is 0. The molecule has 7 nitrogen and oxygen atoms in total. The van der Waals surface area contributed by atoms with Crippen LogP contribution in [0, 0.1) is 42.4 Å². The lowest BCUT2D eigenvalue weighted by atomic mass is 9.71. The minimum absolute atomic E-state index is 0.0264. The summed E-state index contributed by atoms with van der Waals surface area (Å²) >= 11 is 7.07. The van der Waals surface area contributed by atoms with Crippen LogP contribution >= 0.6 is 31.9 Å². The van der Waals surface area contributed by atoms with Gasteiger partial charge in [0.25, 0.3) is 0 Å². The maximum Gasteiger partial charge on any atom is 0.186 e. The summed E-state index contributed by atoms with van der Waals surface area (Å²) in [6, 6.07) is 15.3. The van der Waals surface area contributed by atoms with Crippen LogP contribution in [0.4, 0.5) is 11.4 Å². The van der Waals surface area contributed by atoms with Gasteiger partial charge < -0.3 is 0 Å². The minimum Gasteiger partial charge on any atom is -0.289 e. The predicted molar refractivity (Wildman–Crippen MR) is 250 cm³/mol. The van der Waals surface area contributed by atoms with E-state index in [1.165, 1.54) is 0 Å². The van der Waals surface area contributed by atoms with E-state index >= 15 is 0 Å². The van der Waals surface area contributed by atoms with Gasteiger partial charge in [0.15, 0.2) is 11.6 Å². The molecule has 59 heavy (non-hydrogen) atoms. The number of azo groups is 2. The fourth-order valence-corrected chi connectivity index (χ4v) is 7.38. The van der Waals surface area contributed by atoms with E-state index in [0.717, 1.165) is 36.8 Å². The largest absolute Gasteiger partial charge is 0.289 e. The van der Waals surface area contributed by atoms with Crippen molar-refractivity contribution in [2.45, 2.75) is 104 Å². The Balaban J connectivity index is 1.96.